The summed E-state index contributed by atoms with van der Waals surface area (Å²) in [7, 11) is -3.83. The first-order chi connectivity index (χ1) is 15.7. The highest BCUT2D eigenvalue weighted by Crippen LogP contribution is 2.30. The molecule has 0 spiro atoms. The van der Waals surface area contributed by atoms with Gasteiger partial charge in [-0.2, -0.15) is 0 Å². The second-order valence-electron chi connectivity index (χ2n) is 7.30. The third-order valence-electron chi connectivity index (χ3n) is 5.02. The minimum Gasteiger partial charge on any atom is -0.309 e. The minimum absolute atomic E-state index is 0.0232. The molecule has 0 aliphatic carbocycles. The summed E-state index contributed by atoms with van der Waals surface area (Å²) in [5, 5.41) is 19.2. The summed E-state index contributed by atoms with van der Waals surface area (Å²) in [5.74, 6) is -0.257. The molecule has 0 saturated heterocycles. The average Bonchev–Trinajstić information content (AvgIpc) is 3.20. The Morgan fingerprint density at radius 3 is 2.64 bits per heavy atom. The number of nitrogens with one attached hydrogen (secondary N) is 1. The normalized spacial score (nSPS) is 13.7. The average molecular weight is 486 g/mol. The number of amides is 1. The number of carbonyl (C=O) groups excluding carboxylic acids is 1. The van der Waals surface area contributed by atoms with Crippen molar-refractivity contribution in [3.8, 4) is 0 Å². The lowest BCUT2D eigenvalue weighted by molar-refractivity contribution is -0.384. The summed E-state index contributed by atoms with van der Waals surface area (Å²) < 4.78 is 27.9. The lowest BCUT2D eigenvalue weighted by Crippen LogP contribution is -2.34. The minimum atomic E-state index is -3.83. The Kier molecular flexibility index (Phi) is 6.20. The molecule has 0 atom stereocenters. The van der Waals surface area contributed by atoms with Crippen molar-refractivity contribution < 1.29 is 18.1 Å². The number of nitro benzene ring substituents is 1. The number of nitro groups is 1. The fourth-order valence-electron chi connectivity index (χ4n) is 3.45. The molecule has 10 nitrogen and oxygen atoms in total. The van der Waals surface area contributed by atoms with Gasteiger partial charge in [0.15, 0.2) is 0 Å². The first-order valence-electron chi connectivity index (χ1n) is 9.93. The summed E-state index contributed by atoms with van der Waals surface area (Å²) in [4.78, 5) is 24.8. The summed E-state index contributed by atoms with van der Waals surface area (Å²) in [6, 6.07) is 10.5. The van der Waals surface area contributed by atoms with E-state index >= 15 is 0 Å². The number of non-ortho nitro benzene ring substituents is 1. The molecule has 1 aliphatic rings. The molecule has 33 heavy (non-hydrogen) atoms. The maximum Gasteiger partial charge on any atom is 0.269 e. The molecule has 2 aromatic carbocycles. The Morgan fingerprint density at radius 2 is 1.97 bits per heavy atom. The van der Waals surface area contributed by atoms with Gasteiger partial charge in [-0.05, 0) is 67.3 Å². The largest absolute Gasteiger partial charge is 0.309 e. The molecule has 0 radical (unpaired) electrons. The standard InChI is InChI=1S/C21H19N5O5S2/c1-14-22-23-21(32-14)24-33(30,31)18-9-10-19-16(13-18)3-2-12-25(19)20(27)11-6-15-4-7-17(8-5-15)26(28)29/h4-11,13H,2-3,12H2,1H3,(H,23,24)/b11-6+. The Balaban J connectivity index is 1.52. The number of hydrogen-bond donors (Lipinski definition) is 1. The first-order valence-corrected chi connectivity index (χ1v) is 12.2. The smallest absolute Gasteiger partial charge is 0.269 e. The third-order valence-corrected chi connectivity index (χ3v) is 7.24. The highest BCUT2D eigenvalue weighted by molar-refractivity contribution is 7.93. The molecule has 12 heteroatoms. The van der Waals surface area contributed by atoms with Crippen LogP contribution in [0.25, 0.3) is 6.08 Å². The van der Waals surface area contributed by atoms with Crippen LogP contribution in [-0.4, -0.2) is 36.0 Å². The summed E-state index contributed by atoms with van der Waals surface area (Å²) in [6.45, 7) is 2.24. The molecule has 1 N–H and O–H groups in total. The zero-order valence-electron chi connectivity index (χ0n) is 17.5. The zero-order valence-corrected chi connectivity index (χ0v) is 19.1. The maximum absolute atomic E-state index is 12.8. The lowest BCUT2D eigenvalue weighted by Gasteiger charge is -2.29. The maximum atomic E-state index is 12.8. The van der Waals surface area contributed by atoms with Crippen LogP contribution < -0.4 is 9.62 Å². The molecule has 0 saturated carbocycles. The molecule has 1 aliphatic heterocycles. The van der Waals surface area contributed by atoms with Gasteiger partial charge in [-0.1, -0.05) is 11.3 Å². The van der Waals surface area contributed by atoms with E-state index in [1.165, 1.54) is 24.3 Å². The molecule has 1 amide bonds. The first kappa shape index (κ1) is 22.6. The van der Waals surface area contributed by atoms with Gasteiger partial charge in [-0.15, -0.1) is 10.2 Å². The topological polar surface area (TPSA) is 135 Å². The van der Waals surface area contributed by atoms with Crippen LogP contribution in [0.15, 0.2) is 53.4 Å². The number of hydrogen-bond acceptors (Lipinski definition) is 8. The number of anilines is 2. The molecule has 0 bridgehead atoms. The Labute approximate surface area is 193 Å². The van der Waals surface area contributed by atoms with E-state index in [9.17, 15) is 23.3 Å². The predicted octanol–water partition coefficient (Wildman–Crippen LogP) is 3.55. The predicted molar refractivity (Wildman–Crippen MR) is 125 cm³/mol. The van der Waals surface area contributed by atoms with E-state index in [2.05, 4.69) is 14.9 Å². The SMILES string of the molecule is Cc1nnc(NS(=O)(=O)c2ccc3c(c2)CCCN3C(=O)/C=C/c2ccc([N+](=O)[O-])cc2)s1. The number of carbonyl (C=O) groups is 1. The quantitative estimate of drug-likeness (QED) is 0.320. The Morgan fingerprint density at radius 1 is 1.21 bits per heavy atom. The van der Waals surface area contributed by atoms with Gasteiger partial charge in [0.1, 0.15) is 5.01 Å². The second-order valence-corrected chi connectivity index (χ2v) is 10.2. The molecule has 0 fully saturated rings. The Bertz CT molecular complexity index is 1350. The van der Waals surface area contributed by atoms with Crippen LogP contribution in [0.1, 0.15) is 22.6 Å². The van der Waals surface area contributed by atoms with Gasteiger partial charge in [-0.25, -0.2) is 8.42 Å². The van der Waals surface area contributed by atoms with Crippen LogP contribution in [0.2, 0.25) is 0 Å². The number of rotatable bonds is 6. The van der Waals surface area contributed by atoms with Crippen LogP contribution in [0.3, 0.4) is 0 Å². The molecule has 1 aromatic heterocycles. The zero-order chi connectivity index (χ0) is 23.6. The van der Waals surface area contributed by atoms with E-state index in [1.807, 2.05) is 0 Å². The molecular weight excluding hydrogens is 466 g/mol. The van der Waals surface area contributed by atoms with E-state index in [4.69, 9.17) is 0 Å². The summed E-state index contributed by atoms with van der Waals surface area (Å²) in [5.41, 5.74) is 2.05. The number of aromatic nitrogens is 2. The molecule has 0 unspecified atom stereocenters. The monoisotopic (exact) mass is 485 g/mol. The van der Waals surface area contributed by atoms with Gasteiger partial charge in [0, 0.05) is 30.4 Å². The van der Waals surface area contributed by atoms with Crippen molar-refractivity contribution in [1.82, 2.24) is 10.2 Å². The van der Waals surface area contributed by atoms with Crippen molar-refractivity contribution in [1.29, 1.82) is 0 Å². The van der Waals surface area contributed by atoms with Crippen LogP contribution >= 0.6 is 11.3 Å². The number of sulfonamides is 1. The van der Waals surface area contributed by atoms with Crippen molar-refractivity contribution in [2.24, 2.45) is 0 Å². The van der Waals surface area contributed by atoms with Crippen LogP contribution in [0.4, 0.5) is 16.5 Å². The van der Waals surface area contributed by atoms with Gasteiger partial charge >= 0.3 is 0 Å². The molecular formula is C21H19N5O5S2. The highest BCUT2D eigenvalue weighted by atomic mass is 32.2. The van der Waals surface area contributed by atoms with Crippen molar-refractivity contribution in [3.05, 3.63) is 74.8 Å². The molecule has 170 valence electrons. The molecule has 2 heterocycles. The van der Waals surface area contributed by atoms with Crippen molar-refractivity contribution in [3.63, 3.8) is 0 Å². The van der Waals surface area contributed by atoms with Gasteiger partial charge in [0.25, 0.3) is 21.6 Å². The van der Waals surface area contributed by atoms with E-state index in [-0.39, 0.29) is 21.6 Å². The number of nitrogens with zero attached hydrogens (tertiary/aromatic N) is 4. The second kappa shape index (κ2) is 9.08. The van der Waals surface area contributed by atoms with Crippen LogP contribution in [0, 0.1) is 17.0 Å². The van der Waals surface area contributed by atoms with E-state index in [0.29, 0.717) is 35.6 Å². The fourth-order valence-corrected chi connectivity index (χ4v) is 5.32. The number of aryl methyl sites for hydroxylation is 2. The van der Waals surface area contributed by atoms with Crippen molar-refractivity contribution in [2.75, 3.05) is 16.2 Å². The van der Waals surface area contributed by atoms with Gasteiger partial charge < -0.3 is 4.90 Å². The van der Waals surface area contributed by atoms with Gasteiger partial charge in [0.05, 0.1) is 9.82 Å². The summed E-state index contributed by atoms with van der Waals surface area (Å²) >= 11 is 1.14. The van der Waals surface area contributed by atoms with E-state index < -0.39 is 14.9 Å². The van der Waals surface area contributed by atoms with Crippen molar-refractivity contribution in [2.45, 2.75) is 24.7 Å². The molecule has 4 rings (SSSR count). The van der Waals surface area contributed by atoms with E-state index in [1.54, 1.807) is 42.2 Å². The fraction of sp³-hybridized carbons (Fsp3) is 0.190. The Hall–Kier alpha value is -3.64. The van der Waals surface area contributed by atoms with E-state index in [0.717, 1.165) is 16.9 Å². The van der Waals surface area contributed by atoms with Crippen LogP contribution in [0.5, 0.6) is 0 Å². The molecule has 3 aromatic rings. The lowest BCUT2D eigenvalue weighted by atomic mass is 10.0. The van der Waals surface area contributed by atoms with Crippen molar-refractivity contribution >= 4 is 49.8 Å². The number of fused-ring (bicyclic) bond motifs is 1. The highest BCUT2D eigenvalue weighted by Gasteiger charge is 2.24. The van der Waals surface area contributed by atoms with Crippen LogP contribution in [-0.2, 0) is 21.2 Å². The third kappa shape index (κ3) is 5.07. The van der Waals surface area contributed by atoms with Gasteiger partial charge in [-0.3, -0.25) is 19.6 Å². The van der Waals surface area contributed by atoms with Gasteiger partial charge in [0.2, 0.25) is 5.13 Å². The number of benzene rings is 2. The summed E-state index contributed by atoms with van der Waals surface area (Å²) in [6.07, 6.45) is 4.33.